The quantitative estimate of drug-likeness (QED) is 0.399. The molecule has 0 atom stereocenters. The SMILES string of the molecule is O=P(O)(O)SP(=O)(O)O.[Mn]. The Morgan fingerprint density at radius 1 is 0.900 bits per heavy atom. The first-order valence-electron chi connectivity index (χ1n) is 1.53. The average molecular weight is 249 g/mol. The monoisotopic (exact) mass is 249 g/mol. The standard InChI is InChI=1S/Mn.H4O6P2S/c;1-7(2,3)9-8(4,5)6/h;(H2,1,2,3)(H2,4,5,6). The Kier molecular flexibility index (Phi) is 5.85. The van der Waals surface area contributed by atoms with Crippen molar-refractivity contribution < 1.29 is 45.8 Å². The van der Waals surface area contributed by atoms with Crippen molar-refractivity contribution in [3.8, 4) is 0 Å². The topological polar surface area (TPSA) is 115 Å². The minimum absolute atomic E-state index is 0. The Hall–Kier alpha value is 1.17. The molecular formula is H4MnO6P2S. The summed E-state index contributed by atoms with van der Waals surface area (Å²) >= 11 is -0.653. The molecular weight excluding hydrogens is 245 g/mol. The predicted molar refractivity (Wildman–Crippen MR) is 31.7 cm³/mol. The maximum atomic E-state index is 9.81. The Morgan fingerprint density at radius 2 is 1.10 bits per heavy atom. The molecule has 4 N–H and O–H groups in total. The van der Waals surface area contributed by atoms with Gasteiger partial charge in [0.1, 0.15) is 0 Å². The fraction of sp³-hybridized carbons (Fsp3) is 0. The van der Waals surface area contributed by atoms with Crippen molar-refractivity contribution in [1.29, 1.82) is 0 Å². The van der Waals surface area contributed by atoms with Gasteiger partial charge in [-0.05, 0) is 0 Å². The van der Waals surface area contributed by atoms with Gasteiger partial charge in [-0.25, -0.2) is 9.13 Å². The van der Waals surface area contributed by atoms with E-state index in [2.05, 4.69) is 0 Å². The Morgan fingerprint density at radius 3 is 1.10 bits per heavy atom. The second kappa shape index (κ2) is 4.26. The molecule has 0 saturated carbocycles. The van der Waals surface area contributed by atoms with E-state index in [1.165, 1.54) is 0 Å². The Labute approximate surface area is 70.7 Å². The molecule has 10 heteroatoms. The van der Waals surface area contributed by atoms with Gasteiger partial charge in [0.25, 0.3) is 0 Å². The molecule has 0 aliphatic rings. The van der Waals surface area contributed by atoms with Gasteiger partial charge in [-0.15, -0.1) is 0 Å². The minimum atomic E-state index is -4.63. The number of hydrogen-bond acceptors (Lipinski definition) is 3. The summed E-state index contributed by atoms with van der Waals surface area (Å²) in [6.07, 6.45) is 0. The van der Waals surface area contributed by atoms with Gasteiger partial charge in [-0.2, -0.15) is 0 Å². The van der Waals surface area contributed by atoms with Crippen molar-refractivity contribution in [1.82, 2.24) is 0 Å². The normalized spacial score (nSPS) is 12.4. The van der Waals surface area contributed by atoms with E-state index >= 15 is 0 Å². The first kappa shape index (κ1) is 13.7. The van der Waals surface area contributed by atoms with Gasteiger partial charge in [0, 0.05) is 17.1 Å². The van der Waals surface area contributed by atoms with Crippen molar-refractivity contribution in [2.45, 2.75) is 0 Å². The molecule has 63 valence electrons. The zero-order valence-corrected chi connectivity index (χ0v) is 8.07. The molecule has 0 aromatic carbocycles. The second-order valence-electron chi connectivity index (χ2n) is 1.06. The molecule has 0 aromatic heterocycles. The molecule has 0 aromatic rings. The van der Waals surface area contributed by atoms with Crippen LogP contribution in [0.25, 0.3) is 0 Å². The summed E-state index contributed by atoms with van der Waals surface area (Å²) in [7, 11) is 0. The van der Waals surface area contributed by atoms with Crippen molar-refractivity contribution in [3.63, 3.8) is 0 Å². The van der Waals surface area contributed by atoms with Crippen LogP contribution < -0.4 is 0 Å². The average Bonchev–Trinajstić information content (AvgIpc) is 1.14. The summed E-state index contributed by atoms with van der Waals surface area (Å²) in [6.45, 7) is -9.27. The van der Waals surface area contributed by atoms with Crippen LogP contribution in [0.4, 0.5) is 0 Å². The van der Waals surface area contributed by atoms with E-state index in [9.17, 15) is 9.13 Å². The fourth-order valence-corrected chi connectivity index (χ4v) is 3.74. The third kappa shape index (κ3) is 11.9. The van der Waals surface area contributed by atoms with E-state index in [0.717, 1.165) is 0 Å². The molecule has 0 aliphatic carbocycles. The summed E-state index contributed by atoms with van der Waals surface area (Å²) in [6, 6.07) is 0. The maximum Gasteiger partial charge on any atom is 0.395 e. The van der Waals surface area contributed by atoms with E-state index in [1.807, 2.05) is 0 Å². The summed E-state index contributed by atoms with van der Waals surface area (Å²) in [5.74, 6) is 0. The van der Waals surface area contributed by atoms with Crippen LogP contribution in [-0.2, 0) is 26.2 Å². The van der Waals surface area contributed by atoms with Crippen LogP contribution in [-0.4, -0.2) is 19.6 Å². The van der Waals surface area contributed by atoms with Gasteiger partial charge in [0.05, 0.1) is 11.0 Å². The molecule has 0 unspecified atom stereocenters. The zero-order valence-electron chi connectivity index (χ0n) is 4.29. The molecule has 0 bridgehead atoms. The van der Waals surface area contributed by atoms with E-state index in [-0.39, 0.29) is 17.1 Å². The Bertz CT molecular complexity index is 156. The summed E-state index contributed by atoms with van der Waals surface area (Å²) in [4.78, 5) is 31.7. The van der Waals surface area contributed by atoms with E-state index in [4.69, 9.17) is 19.6 Å². The minimum Gasteiger partial charge on any atom is -0.316 e. The molecule has 0 spiro atoms. The smallest absolute Gasteiger partial charge is 0.316 e. The van der Waals surface area contributed by atoms with E-state index < -0.39 is 24.6 Å². The third-order valence-corrected chi connectivity index (χ3v) is 5.74. The van der Waals surface area contributed by atoms with Crippen molar-refractivity contribution in [2.24, 2.45) is 0 Å². The molecule has 0 amide bonds. The van der Waals surface area contributed by atoms with Gasteiger partial charge < -0.3 is 19.6 Å². The van der Waals surface area contributed by atoms with Crippen LogP contribution in [0.1, 0.15) is 0 Å². The molecule has 1 radical (unpaired) electrons. The van der Waals surface area contributed by atoms with Gasteiger partial charge in [0.15, 0.2) is 0 Å². The summed E-state index contributed by atoms with van der Waals surface area (Å²) < 4.78 is 19.6. The number of rotatable bonds is 2. The first-order chi connectivity index (χ1) is 3.71. The van der Waals surface area contributed by atoms with Gasteiger partial charge in [-0.1, -0.05) is 0 Å². The molecule has 0 saturated heterocycles. The van der Waals surface area contributed by atoms with Crippen LogP contribution in [0, 0.1) is 0 Å². The van der Waals surface area contributed by atoms with Crippen molar-refractivity contribution >= 4 is 24.6 Å². The summed E-state index contributed by atoms with van der Waals surface area (Å²) in [5, 5.41) is 0. The Balaban J connectivity index is 0. The van der Waals surface area contributed by atoms with Crippen LogP contribution in [0.15, 0.2) is 0 Å². The fourth-order valence-electron chi connectivity index (χ4n) is 0.139. The summed E-state index contributed by atoms with van der Waals surface area (Å²) in [5.41, 5.74) is 0. The molecule has 0 rings (SSSR count). The zero-order chi connectivity index (χ0) is 7.71. The second-order valence-corrected chi connectivity index (χ2v) is 8.00. The number of hydrogen-bond donors (Lipinski definition) is 4. The van der Waals surface area contributed by atoms with Crippen LogP contribution >= 0.6 is 24.6 Å². The van der Waals surface area contributed by atoms with Crippen molar-refractivity contribution in [3.05, 3.63) is 0 Å². The molecule has 0 heterocycles. The maximum absolute atomic E-state index is 9.81. The van der Waals surface area contributed by atoms with Gasteiger partial charge in [-0.3, -0.25) is 0 Å². The van der Waals surface area contributed by atoms with E-state index in [0.29, 0.717) is 0 Å². The van der Waals surface area contributed by atoms with Gasteiger partial charge >= 0.3 is 13.6 Å². The van der Waals surface area contributed by atoms with E-state index in [1.54, 1.807) is 0 Å². The van der Waals surface area contributed by atoms with Crippen LogP contribution in [0.3, 0.4) is 0 Å². The predicted octanol–water partition coefficient (Wildman–Crippen LogP) is -0.0975. The molecule has 10 heavy (non-hydrogen) atoms. The largest absolute Gasteiger partial charge is 0.395 e. The van der Waals surface area contributed by atoms with Crippen LogP contribution in [0.2, 0.25) is 0 Å². The molecule has 0 aliphatic heterocycles. The van der Waals surface area contributed by atoms with Gasteiger partial charge in [0.2, 0.25) is 0 Å². The van der Waals surface area contributed by atoms with Crippen molar-refractivity contribution in [2.75, 3.05) is 0 Å². The molecule has 0 fully saturated rings. The third-order valence-electron chi connectivity index (χ3n) is 0.213. The first-order valence-corrected chi connectivity index (χ1v) is 6.78. The van der Waals surface area contributed by atoms with Crippen LogP contribution in [0.5, 0.6) is 0 Å². The molecule has 6 nitrogen and oxygen atoms in total.